The van der Waals surface area contributed by atoms with Crippen LogP contribution in [0.15, 0.2) is 42.6 Å². The molecule has 0 aliphatic carbocycles. The summed E-state index contributed by atoms with van der Waals surface area (Å²) >= 11 is 0. The van der Waals surface area contributed by atoms with Crippen LogP contribution in [-0.4, -0.2) is 61.1 Å². The molecule has 1 fully saturated rings. The summed E-state index contributed by atoms with van der Waals surface area (Å²) in [4.78, 5) is 17.0. The van der Waals surface area contributed by atoms with Gasteiger partial charge in [-0.05, 0) is 37.3 Å². The highest BCUT2D eigenvalue weighted by Gasteiger charge is 2.39. The smallest absolute Gasteiger partial charge is 0.304 e. The third kappa shape index (κ3) is 4.97. The first-order valence-corrected chi connectivity index (χ1v) is 12.6. The van der Waals surface area contributed by atoms with E-state index in [1.165, 1.54) is 14.8 Å². The Morgan fingerprint density at radius 2 is 1.97 bits per heavy atom. The Balaban J connectivity index is 1.60. The number of anilines is 2. The summed E-state index contributed by atoms with van der Waals surface area (Å²) in [6.07, 6.45) is 2.31. The van der Waals surface area contributed by atoms with Crippen molar-refractivity contribution in [2.24, 2.45) is 5.92 Å². The molecule has 1 aromatic carbocycles. The van der Waals surface area contributed by atoms with E-state index in [1.54, 1.807) is 13.0 Å². The predicted octanol–water partition coefficient (Wildman–Crippen LogP) is 2.36. The molecule has 0 bridgehead atoms. The van der Waals surface area contributed by atoms with E-state index in [4.69, 9.17) is 4.74 Å². The lowest BCUT2D eigenvalue weighted by molar-refractivity contribution is -0.117. The highest BCUT2D eigenvalue weighted by atomic mass is 32.2. The Kier molecular flexibility index (Phi) is 6.87. The maximum Gasteiger partial charge on any atom is 0.304 e. The summed E-state index contributed by atoms with van der Waals surface area (Å²) < 4.78 is 35.4. The molecule has 3 heterocycles. The standard InChI is InChI=1S/C23H30N4O5S/c1-16-8-10-26(11-9-16)33(30,31)27-14-20(15-28)32-23-21(27)12-19(13-24-23)25-22(29)17(2)18-6-4-3-5-7-18/h3-7,12-13,16-17,20,28H,8-11,14-15H2,1-2H3,(H,25,29). The number of hydrogen-bond donors (Lipinski definition) is 2. The van der Waals surface area contributed by atoms with Crippen LogP contribution >= 0.6 is 0 Å². The van der Waals surface area contributed by atoms with Crippen molar-refractivity contribution in [2.75, 3.05) is 35.9 Å². The predicted molar refractivity (Wildman–Crippen MR) is 125 cm³/mol. The molecule has 10 heteroatoms. The molecule has 0 radical (unpaired) electrons. The zero-order chi connectivity index (χ0) is 23.6. The van der Waals surface area contributed by atoms with Gasteiger partial charge in [0.2, 0.25) is 11.8 Å². The average Bonchev–Trinajstić information content (AvgIpc) is 2.83. The molecule has 0 spiro atoms. The average molecular weight is 475 g/mol. The van der Waals surface area contributed by atoms with E-state index in [-0.39, 0.29) is 30.6 Å². The number of fused-ring (bicyclic) bond motifs is 1. The number of aliphatic hydroxyl groups is 1. The van der Waals surface area contributed by atoms with Crippen LogP contribution in [-0.2, 0) is 15.0 Å². The number of amides is 1. The van der Waals surface area contributed by atoms with Crippen LogP contribution in [0.25, 0.3) is 0 Å². The van der Waals surface area contributed by atoms with Gasteiger partial charge in [0.1, 0.15) is 11.8 Å². The highest BCUT2D eigenvalue weighted by Crippen LogP contribution is 2.37. The van der Waals surface area contributed by atoms with Gasteiger partial charge in [0.25, 0.3) is 0 Å². The van der Waals surface area contributed by atoms with Crippen LogP contribution in [0.2, 0.25) is 0 Å². The second kappa shape index (κ2) is 9.66. The lowest BCUT2D eigenvalue weighted by atomic mass is 10.0. The Labute approximate surface area is 194 Å². The summed E-state index contributed by atoms with van der Waals surface area (Å²) in [7, 11) is -3.85. The molecule has 2 aromatic rings. The van der Waals surface area contributed by atoms with Crippen molar-refractivity contribution in [3.05, 3.63) is 48.2 Å². The Morgan fingerprint density at radius 3 is 2.64 bits per heavy atom. The number of rotatable bonds is 6. The van der Waals surface area contributed by atoms with Gasteiger partial charge < -0.3 is 15.2 Å². The largest absolute Gasteiger partial charge is 0.468 e. The molecular formula is C23H30N4O5S. The second-order valence-electron chi connectivity index (χ2n) is 8.71. The number of carbonyl (C=O) groups excluding carboxylic acids is 1. The number of carbonyl (C=O) groups is 1. The molecule has 2 aliphatic rings. The zero-order valence-corrected chi connectivity index (χ0v) is 19.7. The van der Waals surface area contributed by atoms with Crippen molar-refractivity contribution in [1.82, 2.24) is 9.29 Å². The molecule has 4 rings (SSSR count). The molecule has 0 saturated carbocycles. The number of nitrogens with one attached hydrogen (secondary N) is 1. The monoisotopic (exact) mass is 474 g/mol. The number of ether oxygens (including phenoxy) is 1. The molecular weight excluding hydrogens is 444 g/mol. The number of piperidine rings is 1. The Bertz CT molecular complexity index is 1090. The fourth-order valence-electron chi connectivity index (χ4n) is 4.07. The first kappa shape index (κ1) is 23.5. The molecule has 33 heavy (non-hydrogen) atoms. The van der Waals surface area contributed by atoms with Gasteiger partial charge in [0.15, 0.2) is 0 Å². The quantitative estimate of drug-likeness (QED) is 0.665. The van der Waals surface area contributed by atoms with Gasteiger partial charge in [-0.3, -0.25) is 4.79 Å². The van der Waals surface area contributed by atoms with Gasteiger partial charge in [-0.25, -0.2) is 9.29 Å². The fourth-order valence-corrected chi connectivity index (χ4v) is 5.75. The third-order valence-corrected chi connectivity index (χ3v) is 8.18. The van der Waals surface area contributed by atoms with Gasteiger partial charge in [-0.1, -0.05) is 37.3 Å². The minimum Gasteiger partial charge on any atom is -0.468 e. The third-order valence-electron chi connectivity index (χ3n) is 6.26. The lowest BCUT2D eigenvalue weighted by Gasteiger charge is -2.39. The van der Waals surface area contributed by atoms with Crippen LogP contribution < -0.4 is 14.4 Å². The van der Waals surface area contributed by atoms with Crippen molar-refractivity contribution in [3.8, 4) is 5.88 Å². The van der Waals surface area contributed by atoms with Crippen molar-refractivity contribution in [3.63, 3.8) is 0 Å². The van der Waals surface area contributed by atoms with Crippen molar-refractivity contribution < 1.29 is 23.1 Å². The minimum absolute atomic E-state index is 0.0304. The summed E-state index contributed by atoms with van der Waals surface area (Å²) in [6.45, 7) is 4.44. The summed E-state index contributed by atoms with van der Waals surface area (Å²) in [5.41, 5.74) is 1.50. The highest BCUT2D eigenvalue weighted by molar-refractivity contribution is 7.90. The topological polar surface area (TPSA) is 112 Å². The van der Waals surface area contributed by atoms with Crippen LogP contribution in [0.1, 0.15) is 38.2 Å². The molecule has 1 amide bonds. The normalized spacial score (nSPS) is 20.6. The number of hydrogen-bond acceptors (Lipinski definition) is 6. The first-order chi connectivity index (χ1) is 15.8. The number of pyridine rings is 1. The maximum absolute atomic E-state index is 13.5. The summed E-state index contributed by atoms with van der Waals surface area (Å²) in [5, 5.41) is 12.5. The van der Waals surface area contributed by atoms with E-state index in [9.17, 15) is 18.3 Å². The van der Waals surface area contributed by atoms with Crippen molar-refractivity contribution in [1.29, 1.82) is 0 Å². The summed E-state index contributed by atoms with van der Waals surface area (Å²) in [5.74, 6) is -0.0307. The van der Waals surface area contributed by atoms with Crippen molar-refractivity contribution >= 4 is 27.5 Å². The van der Waals surface area contributed by atoms with E-state index in [2.05, 4.69) is 17.2 Å². The van der Waals surface area contributed by atoms with Crippen LogP contribution in [0.3, 0.4) is 0 Å². The maximum atomic E-state index is 13.5. The fraction of sp³-hybridized carbons (Fsp3) is 0.478. The van der Waals surface area contributed by atoms with E-state index in [0.29, 0.717) is 24.7 Å². The molecule has 1 aromatic heterocycles. The SMILES string of the molecule is CC1CCN(S(=O)(=O)N2CC(CO)Oc3ncc(NC(=O)C(C)c4ccccc4)cc32)CC1. The molecule has 9 nitrogen and oxygen atoms in total. The number of benzene rings is 1. The molecule has 2 aliphatic heterocycles. The Morgan fingerprint density at radius 1 is 1.27 bits per heavy atom. The molecule has 2 unspecified atom stereocenters. The first-order valence-electron chi connectivity index (χ1n) is 11.2. The summed E-state index contributed by atoms with van der Waals surface area (Å²) in [6, 6.07) is 11.0. The molecule has 2 atom stereocenters. The van der Waals surface area contributed by atoms with Crippen LogP contribution in [0, 0.1) is 5.92 Å². The Hall–Kier alpha value is -2.69. The number of nitrogens with zero attached hydrogens (tertiary/aromatic N) is 3. The van der Waals surface area contributed by atoms with Crippen LogP contribution in [0.5, 0.6) is 5.88 Å². The van der Waals surface area contributed by atoms with Crippen molar-refractivity contribution in [2.45, 2.75) is 38.7 Å². The van der Waals surface area contributed by atoms with E-state index < -0.39 is 22.2 Å². The number of aromatic nitrogens is 1. The molecule has 2 N–H and O–H groups in total. The van der Waals surface area contributed by atoms with Crippen LogP contribution in [0.4, 0.5) is 11.4 Å². The van der Waals surface area contributed by atoms with Gasteiger partial charge in [0.05, 0.1) is 31.0 Å². The van der Waals surface area contributed by atoms with E-state index in [0.717, 1.165) is 18.4 Å². The number of aliphatic hydroxyl groups excluding tert-OH is 1. The molecule has 178 valence electrons. The zero-order valence-electron chi connectivity index (χ0n) is 18.8. The van der Waals surface area contributed by atoms with E-state index in [1.807, 2.05) is 30.3 Å². The van der Waals surface area contributed by atoms with E-state index >= 15 is 0 Å². The van der Waals surface area contributed by atoms with Gasteiger partial charge in [0, 0.05) is 13.1 Å². The second-order valence-corrected chi connectivity index (χ2v) is 10.6. The lowest BCUT2D eigenvalue weighted by Crippen LogP contribution is -2.52. The van der Waals surface area contributed by atoms with Gasteiger partial charge in [-0.15, -0.1) is 0 Å². The molecule has 1 saturated heterocycles. The van der Waals surface area contributed by atoms with Gasteiger partial charge in [-0.2, -0.15) is 12.7 Å². The minimum atomic E-state index is -3.85. The van der Waals surface area contributed by atoms with Gasteiger partial charge >= 0.3 is 10.2 Å².